The van der Waals surface area contributed by atoms with Gasteiger partial charge in [0.25, 0.3) is 0 Å². The lowest BCUT2D eigenvalue weighted by Crippen LogP contribution is -2.34. The molecule has 0 aromatic carbocycles. The smallest absolute Gasteiger partial charge is 0.00642 e. The van der Waals surface area contributed by atoms with Crippen molar-refractivity contribution >= 4 is 0 Å². The monoisotopic (exact) mass is 238 g/mol. The zero-order chi connectivity index (χ0) is 11.9. The van der Waals surface area contributed by atoms with E-state index in [4.69, 9.17) is 0 Å². The highest BCUT2D eigenvalue weighted by molar-refractivity contribution is 4.77. The second-order valence-electron chi connectivity index (χ2n) is 6.15. The summed E-state index contributed by atoms with van der Waals surface area (Å²) in [5.41, 5.74) is 0. The second kappa shape index (κ2) is 7.38. The van der Waals surface area contributed by atoms with Gasteiger partial charge >= 0.3 is 0 Å². The summed E-state index contributed by atoms with van der Waals surface area (Å²) in [7, 11) is 2.10. The van der Waals surface area contributed by atoms with Crippen LogP contribution < -0.4 is 10.6 Å². The lowest BCUT2D eigenvalue weighted by Gasteiger charge is -2.28. The van der Waals surface area contributed by atoms with Gasteiger partial charge in [0.15, 0.2) is 0 Å². The Hall–Kier alpha value is -0.0800. The molecule has 0 heterocycles. The van der Waals surface area contributed by atoms with E-state index in [2.05, 4.69) is 17.7 Å². The van der Waals surface area contributed by atoms with E-state index in [1.54, 1.807) is 0 Å². The van der Waals surface area contributed by atoms with E-state index in [-0.39, 0.29) is 0 Å². The molecule has 2 nitrogen and oxygen atoms in total. The van der Waals surface area contributed by atoms with Gasteiger partial charge in [0, 0.05) is 6.04 Å². The summed E-state index contributed by atoms with van der Waals surface area (Å²) in [6.07, 6.45) is 13.0. The molecule has 17 heavy (non-hydrogen) atoms. The molecular formula is C15H30N2. The van der Waals surface area contributed by atoms with E-state index in [1.165, 1.54) is 70.9 Å². The Kier molecular flexibility index (Phi) is 5.79. The van der Waals surface area contributed by atoms with Crippen molar-refractivity contribution in [3.63, 3.8) is 0 Å². The number of hydrogen-bond donors (Lipinski definition) is 2. The average molecular weight is 238 g/mol. The Labute approximate surface area is 107 Å². The highest BCUT2D eigenvalue weighted by Crippen LogP contribution is 2.27. The molecule has 0 saturated heterocycles. The average Bonchev–Trinajstić information content (AvgIpc) is 2.88. The van der Waals surface area contributed by atoms with Gasteiger partial charge in [0.2, 0.25) is 0 Å². The predicted octanol–water partition coefficient (Wildman–Crippen LogP) is 2.93. The van der Waals surface area contributed by atoms with Gasteiger partial charge < -0.3 is 10.6 Å². The fourth-order valence-electron chi connectivity index (χ4n) is 3.57. The van der Waals surface area contributed by atoms with Crippen LogP contribution in [-0.4, -0.2) is 26.2 Å². The summed E-state index contributed by atoms with van der Waals surface area (Å²) < 4.78 is 0. The summed E-state index contributed by atoms with van der Waals surface area (Å²) in [5.74, 6) is 1.99. The van der Waals surface area contributed by atoms with Gasteiger partial charge in [-0.25, -0.2) is 0 Å². The molecular weight excluding hydrogens is 208 g/mol. The fourth-order valence-corrected chi connectivity index (χ4v) is 3.57. The van der Waals surface area contributed by atoms with Crippen molar-refractivity contribution in [2.24, 2.45) is 11.8 Å². The maximum absolute atomic E-state index is 3.69. The first-order valence-electron chi connectivity index (χ1n) is 7.76. The van der Waals surface area contributed by atoms with Crippen molar-refractivity contribution in [1.29, 1.82) is 0 Å². The van der Waals surface area contributed by atoms with Crippen LogP contribution in [0, 0.1) is 11.8 Å². The highest BCUT2D eigenvalue weighted by atomic mass is 14.9. The van der Waals surface area contributed by atoms with E-state index < -0.39 is 0 Å². The van der Waals surface area contributed by atoms with Gasteiger partial charge in [-0.1, -0.05) is 25.7 Å². The molecule has 100 valence electrons. The summed E-state index contributed by atoms with van der Waals surface area (Å²) in [4.78, 5) is 0. The Bertz CT molecular complexity index is 191. The van der Waals surface area contributed by atoms with Crippen molar-refractivity contribution in [3.8, 4) is 0 Å². The molecule has 0 unspecified atom stereocenters. The molecule has 2 N–H and O–H groups in total. The molecule has 2 aliphatic rings. The Morgan fingerprint density at radius 3 is 2.24 bits per heavy atom. The standard InChI is InChI=1S/C15H30N2/c1-16-15-8-6-14(7-9-15)12-17-11-10-13-4-2-3-5-13/h13-17H,2-12H2,1H3. The zero-order valence-electron chi connectivity index (χ0n) is 11.5. The molecule has 0 radical (unpaired) electrons. The molecule has 2 saturated carbocycles. The first kappa shape index (κ1) is 13.4. The second-order valence-corrected chi connectivity index (χ2v) is 6.15. The molecule has 2 fully saturated rings. The SMILES string of the molecule is CNC1CCC(CNCCC2CCCC2)CC1. The summed E-state index contributed by atoms with van der Waals surface area (Å²) in [6.45, 7) is 2.53. The predicted molar refractivity (Wildman–Crippen MR) is 74.3 cm³/mol. The van der Waals surface area contributed by atoms with Gasteiger partial charge in [0.05, 0.1) is 0 Å². The maximum atomic E-state index is 3.69. The molecule has 0 aromatic heterocycles. The van der Waals surface area contributed by atoms with Crippen LogP contribution in [0.25, 0.3) is 0 Å². The number of nitrogens with one attached hydrogen (secondary N) is 2. The van der Waals surface area contributed by atoms with E-state index in [0.29, 0.717) is 0 Å². The number of hydrogen-bond acceptors (Lipinski definition) is 2. The van der Waals surface area contributed by atoms with E-state index >= 15 is 0 Å². The lowest BCUT2D eigenvalue weighted by molar-refractivity contribution is 0.290. The van der Waals surface area contributed by atoms with Crippen LogP contribution >= 0.6 is 0 Å². The van der Waals surface area contributed by atoms with Crippen molar-refractivity contribution in [1.82, 2.24) is 10.6 Å². The van der Waals surface area contributed by atoms with Crippen molar-refractivity contribution < 1.29 is 0 Å². The van der Waals surface area contributed by atoms with Crippen LogP contribution in [0.4, 0.5) is 0 Å². The largest absolute Gasteiger partial charge is 0.317 e. The number of rotatable bonds is 6. The topological polar surface area (TPSA) is 24.1 Å². The van der Waals surface area contributed by atoms with E-state index in [9.17, 15) is 0 Å². The summed E-state index contributed by atoms with van der Waals surface area (Å²) >= 11 is 0. The van der Waals surface area contributed by atoms with Gasteiger partial charge in [-0.15, -0.1) is 0 Å². The van der Waals surface area contributed by atoms with Crippen LogP contribution in [0.5, 0.6) is 0 Å². The molecule has 0 aromatic rings. The summed E-state index contributed by atoms with van der Waals surface area (Å²) in [5, 5.41) is 7.10. The molecule has 2 aliphatic carbocycles. The third-order valence-corrected chi connectivity index (χ3v) is 4.89. The van der Waals surface area contributed by atoms with E-state index in [0.717, 1.165) is 17.9 Å². The fraction of sp³-hybridized carbons (Fsp3) is 1.00. The van der Waals surface area contributed by atoms with Crippen LogP contribution in [0.1, 0.15) is 57.8 Å². The molecule has 0 aliphatic heterocycles. The molecule has 2 heteroatoms. The normalized spacial score (nSPS) is 30.9. The molecule has 0 bridgehead atoms. The van der Waals surface area contributed by atoms with Gasteiger partial charge in [-0.2, -0.15) is 0 Å². The van der Waals surface area contributed by atoms with Gasteiger partial charge in [-0.05, 0) is 64.1 Å². The zero-order valence-corrected chi connectivity index (χ0v) is 11.5. The van der Waals surface area contributed by atoms with Crippen molar-refractivity contribution in [2.75, 3.05) is 20.1 Å². The molecule has 0 amide bonds. The van der Waals surface area contributed by atoms with Crippen LogP contribution in [0.2, 0.25) is 0 Å². The highest BCUT2D eigenvalue weighted by Gasteiger charge is 2.19. The molecule has 0 spiro atoms. The lowest BCUT2D eigenvalue weighted by atomic mass is 9.86. The Morgan fingerprint density at radius 2 is 1.59 bits per heavy atom. The van der Waals surface area contributed by atoms with Crippen molar-refractivity contribution in [2.45, 2.75) is 63.8 Å². The van der Waals surface area contributed by atoms with Gasteiger partial charge in [0.1, 0.15) is 0 Å². The first-order chi connectivity index (χ1) is 8.38. The first-order valence-corrected chi connectivity index (χ1v) is 7.76. The Balaban J connectivity index is 1.48. The third-order valence-electron chi connectivity index (χ3n) is 4.89. The minimum Gasteiger partial charge on any atom is -0.317 e. The van der Waals surface area contributed by atoms with Crippen LogP contribution in [-0.2, 0) is 0 Å². The third kappa shape index (κ3) is 4.59. The van der Waals surface area contributed by atoms with Crippen LogP contribution in [0.15, 0.2) is 0 Å². The van der Waals surface area contributed by atoms with E-state index in [1.807, 2.05) is 0 Å². The van der Waals surface area contributed by atoms with Crippen LogP contribution in [0.3, 0.4) is 0 Å². The maximum Gasteiger partial charge on any atom is 0.00642 e. The molecule has 2 rings (SSSR count). The minimum absolute atomic E-state index is 0.796. The van der Waals surface area contributed by atoms with Crippen molar-refractivity contribution in [3.05, 3.63) is 0 Å². The minimum atomic E-state index is 0.796. The Morgan fingerprint density at radius 1 is 0.882 bits per heavy atom. The summed E-state index contributed by atoms with van der Waals surface area (Å²) in [6, 6.07) is 0.796. The molecule has 0 atom stereocenters. The van der Waals surface area contributed by atoms with Gasteiger partial charge in [-0.3, -0.25) is 0 Å². The quantitative estimate of drug-likeness (QED) is 0.695.